The van der Waals surface area contributed by atoms with E-state index >= 15 is 0 Å². The molecule has 0 saturated carbocycles. The van der Waals surface area contributed by atoms with Crippen LogP contribution in [0.15, 0.2) is 34.5 Å². The van der Waals surface area contributed by atoms with Gasteiger partial charge in [0, 0.05) is 6.42 Å². The first-order valence-electron chi connectivity index (χ1n) is 7.24. The number of ether oxygens (including phenoxy) is 1. The molecule has 0 aliphatic carbocycles. The summed E-state index contributed by atoms with van der Waals surface area (Å²) < 4.78 is 5.66. The van der Waals surface area contributed by atoms with Crippen LogP contribution in [-0.4, -0.2) is 36.4 Å². The van der Waals surface area contributed by atoms with Crippen LogP contribution in [0, 0.1) is 6.92 Å². The minimum absolute atomic E-state index is 0.328. The van der Waals surface area contributed by atoms with Gasteiger partial charge in [-0.05, 0) is 18.7 Å². The number of carbonyl (C=O) groups is 2. The average Bonchev–Trinajstić information content (AvgIpc) is 2.94. The number of hydrogen-bond donors (Lipinski definition) is 2. The van der Waals surface area contributed by atoms with Gasteiger partial charge in [-0.2, -0.15) is 0 Å². The minimum atomic E-state index is -0.748. The molecular formula is C16H19N3O3S2. The van der Waals surface area contributed by atoms with Gasteiger partial charge in [0.1, 0.15) is 6.04 Å². The van der Waals surface area contributed by atoms with Crippen molar-refractivity contribution in [1.82, 2.24) is 10.3 Å². The predicted molar refractivity (Wildman–Crippen MR) is 96.7 cm³/mol. The van der Waals surface area contributed by atoms with E-state index in [-0.39, 0.29) is 5.91 Å². The number of carbonyl (C=O) groups excluding carboxylic acids is 2. The number of amides is 2. The third kappa shape index (κ3) is 4.97. The Balaban J connectivity index is 2.12. The van der Waals surface area contributed by atoms with Crippen LogP contribution in [0.1, 0.15) is 11.3 Å². The van der Waals surface area contributed by atoms with E-state index in [2.05, 4.69) is 20.4 Å². The molecule has 1 aromatic heterocycles. The number of thioether (sulfide) groups is 1. The summed E-state index contributed by atoms with van der Waals surface area (Å²) >= 11 is 3.00. The van der Waals surface area contributed by atoms with E-state index in [9.17, 15) is 9.59 Å². The van der Waals surface area contributed by atoms with Gasteiger partial charge in [0.2, 0.25) is 5.91 Å². The van der Waals surface area contributed by atoms with Gasteiger partial charge in [0.05, 0.1) is 17.0 Å². The fourth-order valence-corrected chi connectivity index (χ4v) is 3.69. The van der Waals surface area contributed by atoms with Crippen LogP contribution in [0.25, 0.3) is 0 Å². The molecule has 1 unspecified atom stereocenters. The van der Waals surface area contributed by atoms with E-state index in [0.29, 0.717) is 11.6 Å². The Morgan fingerprint density at radius 1 is 1.33 bits per heavy atom. The maximum Gasteiger partial charge on any atom is 0.407 e. The Kier molecular flexibility index (Phi) is 6.62. The van der Waals surface area contributed by atoms with Crippen molar-refractivity contribution in [3.05, 3.63) is 41.6 Å². The van der Waals surface area contributed by atoms with Crippen LogP contribution in [-0.2, 0) is 16.0 Å². The fraction of sp³-hybridized carbons (Fsp3) is 0.312. The summed E-state index contributed by atoms with van der Waals surface area (Å²) in [5.41, 5.74) is 1.82. The number of alkyl carbamates (subject to hydrolysis) is 1. The number of anilines is 1. The summed E-state index contributed by atoms with van der Waals surface area (Å²) in [7, 11) is 1.27. The smallest absolute Gasteiger partial charge is 0.407 e. The lowest BCUT2D eigenvalue weighted by molar-refractivity contribution is -0.118. The molecule has 2 rings (SSSR count). The number of hydrogen-bond acceptors (Lipinski definition) is 6. The van der Waals surface area contributed by atoms with Gasteiger partial charge in [0.25, 0.3) is 0 Å². The lowest BCUT2D eigenvalue weighted by Crippen LogP contribution is -2.45. The normalized spacial score (nSPS) is 11.6. The molecule has 2 N–H and O–H groups in total. The number of benzene rings is 1. The maximum absolute atomic E-state index is 12.6. The van der Waals surface area contributed by atoms with Crippen molar-refractivity contribution < 1.29 is 14.3 Å². The monoisotopic (exact) mass is 365 g/mol. The van der Waals surface area contributed by atoms with Gasteiger partial charge in [-0.3, -0.25) is 4.79 Å². The second-order valence-electron chi connectivity index (χ2n) is 4.96. The van der Waals surface area contributed by atoms with Crippen molar-refractivity contribution in [3.8, 4) is 0 Å². The van der Waals surface area contributed by atoms with Gasteiger partial charge in [-0.15, -0.1) is 11.8 Å². The second kappa shape index (κ2) is 8.70. The largest absolute Gasteiger partial charge is 0.453 e. The van der Waals surface area contributed by atoms with Crippen LogP contribution in [0.2, 0.25) is 0 Å². The summed E-state index contributed by atoms with van der Waals surface area (Å²) in [6, 6.07) is 8.72. The van der Waals surface area contributed by atoms with E-state index in [1.54, 1.807) is 11.8 Å². The van der Waals surface area contributed by atoms with Crippen molar-refractivity contribution >= 4 is 40.2 Å². The zero-order valence-electron chi connectivity index (χ0n) is 13.7. The first-order chi connectivity index (χ1) is 11.5. The van der Waals surface area contributed by atoms with Gasteiger partial charge in [-0.25, -0.2) is 9.78 Å². The van der Waals surface area contributed by atoms with Crippen LogP contribution < -0.4 is 10.6 Å². The van der Waals surface area contributed by atoms with Crippen LogP contribution in [0.4, 0.5) is 9.93 Å². The van der Waals surface area contributed by atoms with Crippen molar-refractivity contribution in [3.63, 3.8) is 0 Å². The molecule has 0 saturated heterocycles. The highest BCUT2D eigenvalue weighted by Gasteiger charge is 2.23. The zero-order chi connectivity index (χ0) is 17.5. The third-order valence-electron chi connectivity index (χ3n) is 3.25. The molecule has 2 amide bonds. The number of aryl methyl sites for hydroxylation is 1. The molecule has 8 heteroatoms. The minimum Gasteiger partial charge on any atom is -0.453 e. The van der Waals surface area contributed by atoms with E-state index in [1.165, 1.54) is 18.4 Å². The van der Waals surface area contributed by atoms with E-state index in [1.807, 2.05) is 43.5 Å². The Labute approximate surface area is 149 Å². The standard InChI is InChI=1S/C16H19N3O3S2/c1-10-14(23-3)24-15(17-10)19-13(20)12(18-16(21)22-2)9-11-7-5-4-6-8-11/h4-8,12H,9H2,1-3H3,(H,18,21)(H,17,19,20). The fourth-order valence-electron chi connectivity index (χ4n) is 2.08. The number of thiazole rings is 1. The molecule has 0 bridgehead atoms. The maximum atomic E-state index is 12.6. The highest BCUT2D eigenvalue weighted by atomic mass is 32.2. The number of nitrogens with zero attached hydrogens (tertiary/aromatic N) is 1. The molecule has 1 aromatic carbocycles. The molecule has 0 radical (unpaired) electrons. The van der Waals surface area contributed by atoms with Crippen LogP contribution >= 0.6 is 23.1 Å². The summed E-state index contributed by atoms with van der Waals surface area (Å²) in [6.45, 7) is 1.89. The highest BCUT2D eigenvalue weighted by molar-refractivity contribution is 8.00. The molecule has 6 nitrogen and oxygen atoms in total. The number of rotatable bonds is 6. The Hall–Kier alpha value is -2.06. The molecule has 1 heterocycles. The molecule has 2 aromatic rings. The molecule has 0 aliphatic rings. The molecule has 24 heavy (non-hydrogen) atoms. The summed E-state index contributed by atoms with van der Waals surface area (Å²) in [5, 5.41) is 5.86. The topological polar surface area (TPSA) is 80.3 Å². The number of nitrogens with one attached hydrogen (secondary N) is 2. The van der Waals surface area contributed by atoms with E-state index in [4.69, 9.17) is 0 Å². The number of methoxy groups -OCH3 is 1. The van der Waals surface area contributed by atoms with Gasteiger partial charge in [-0.1, -0.05) is 41.7 Å². The lowest BCUT2D eigenvalue weighted by atomic mass is 10.1. The third-order valence-corrected chi connectivity index (χ3v) is 5.53. The zero-order valence-corrected chi connectivity index (χ0v) is 15.3. The van der Waals surface area contributed by atoms with Gasteiger partial charge < -0.3 is 15.4 Å². The van der Waals surface area contributed by atoms with E-state index < -0.39 is 12.1 Å². The highest BCUT2D eigenvalue weighted by Crippen LogP contribution is 2.30. The van der Waals surface area contributed by atoms with E-state index in [0.717, 1.165) is 15.5 Å². The molecule has 0 spiro atoms. The van der Waals surface area contributed by atoms with Crippen molar-refractivity contribution in [1.29, 1.82) is 0 Å². The Morgan fingerprint density at radius 3 is 2.62 bits per heavy atom. The first kappa shape index (κ1) is 18.3. The molecule has 128 valence electrons. The quantitative estimate of drug-likeness (QED) is 0.769. The van der Waals surface area contributed by atoms with Crippen LogP contribution in [0.5, 0.6) is 0 Å². The lowest BCUT2D eigenvalue weighted by Gasteiger charge is -2.17. The summed E-state index contributed by atoms with van der Waals surface area (Å²) in [4.78, 5) is 28.4. The predicted octanol–water partition coefficient (Wildman–Crippen LogP) is 3.08. The summed E-state index contributed by atoms with van der Waals surface area (Å²) in [6.07, 6.45) is 1.68. The summed E-state index contributed by atoms with van der Waals surface area (Å²) in [5.74, 6) is -0.328. The SMILES string of the molecule is COC(=O)NC(Cc1ccccc1)C(=O)Nc1nc(C)c(SC)s1. The van der Waals surface area contributed by atoms with Gasteiger partial charge >= 0.3 is 6.09 Å². The average molecular weight is 365 g/mol. The molecule has 0 fully saturated rings. The van der Waals surface area contributed by atoms with Gasteiger partial charge in [0.15, 0.2) is 5.13 Å². The van der Waals surface area contributed by atoms with Crippen molar-refractivity contribution in [2.24, 2.45) is 0 Å². The molecule has 1 atom stereocenters. The molecular weight excluding hydrogens is 346 g/mol. The number of aromatic nitrogens is 1. The first-order valence-corrected chi connectivity index (χ1v) is 9.28. The Bertz CT molecular complexity index is 704. The van der Waals surface area contributed by atoms with Crippen molar-refractivity contribution in [2.75, 3.05) is 18.7 Å². The van der Waals surface area contributed by atoms with Crippen molar-refractivity contribution in [2.45, 2.75) is 23.6 Å². The van der Waals surface area contributed by atoms with Crippen LogP contribution in [0.3, 0.4) is 0 Å². The molecule has 0 aliphatic heterocycles. The second-order valence-corrected chi connectivity index (χ2v) is 7.04. The Morgan fingerprint density at radius 2 is 2.04 bits per heavy atom.